The van der Waals surface area contributed by atoms with E-state index in [1.807, 2.05) is 0 Å². The van der Waals surface area contributed by atoms with Crippen molar-refractivity contribution in [1.82, 2.24) is 0 Å². The van der Waals surface area contributed by atoms with Crippen LogP contribution in [-0.4, -0.2) is 8.42 Å². The van der Waals surface area contributed by atoms with Gasteiger partial charge in [0, 0.05) is 10.2 Å². The van der Waals surface area contributed by atoms with Crippen molar-refractivity contribution in [3.05, 3.63) is 50.4 Å². The molecule has 0 spiro atoms. The number of nitrogens with one attached hydrogen (secondary N) is 1. The molecule has 112 valence electrons. The Bertz CT molecular complexity index is 810. The zero-order valence-electron chi connectivity index (χ0n) is 10.8. The minimum atomic E-state index is -3.82. The maximum atomic E-state index is 12.4. The van der Waals surface area contributed by atoms with E-state index in [-0.39, 0.29) is 20.6 Å². The minimum Gasteiger partial charge on any atom is -0.398 e. The molecule has 0 aromatic heterocycles. The third-order valence-corrected chi connectivity index (χ3v) is 5.64. The SMILES string of the molecule is Cc1ccc(Cl)c(NS(=O)(=O)c2ccc(N)c(Br)c2)c1Cl. The molecule has 0 bridgehead atoms. The summed E-state index contributed by atoms with van der Waals surface area (Å²) in [5.74, 6) is 0. The highest BCUT2D eigenvalue weighted by Crippen LogP contribution is 2.35. The van der Waals surface area contributed by atoms with Crippen LogP contribution in [0.4, 0.5) is 11.4 Å². The van der Waals surface area contributed by atoms with E-state index in [9.17, 15) is 8.42 Å². The first-order valence-corrected chi connectivity index (χ1v) is 8.78. The average molecular weight is 410 g/mol. The monoisotopic (exact) mass is 408 g/mol. The lowest BCUT2D eigenvalue weighted by Gasteiger charge is -2.13. The number of hydrogen-bond acceptors (Lipinski definition) is 3. The average Bonchev–Trinajstić information content (AvgIpc) is 2.42. The molecule has 0 saturated carbocycles. The summed E-state index contributed by atoms with van der Waals surface area (Å²) in [7, 11) is -3.82. The Balaban J connectivity index is 2.47. The number of aryl methyl sites for hydroxylation is 1. The minimum absolute atomic E-state index is 0.0530. The Morgan fingerprint density at radius 2 is 1.86 bits per heavy atom. The van der Waals surface area contributed by atoms with Gasteiger partial charge in [0.05, 0.1) is 20.6 Å². The molecule has 21 heavy (non-hydrogen) atoms. The van der Waals surface area contributed by atoms with E-state index in [1.54, 1.807) is 19.1 Å². The fourth-order valence-electron chi connectivity index (χ4n) is 1.62. The van der Waals surface area contributed by atoms with Gasteiger partial charge in [-0.2, -0.15) is 0 Å². The van der Waals surface area contributed by atoms with E-state index in [0.29, 0.717) is 10.2 Å². The molecular weight excluding hydrogens is 399 g/mol. The van der Waals surface area contributed by atoms with Gasteiger partial charge in [-0.05, 0) is 52.7 Å². The van der Waals surface area contributed by atoms with E-state index in [0.717, 1.165) is 5.56 Å². The number of rotatable bonds is 3. The van der Waals surface area contributed by atoms with Crippen molar-refractivity contribution in [3.8, 4) is 0 Å². The number of nitrogens with two attached hydrogens (primary N) is 1. The molecule has 0 aliphatic carbocycles. The summed E-state index contributed by atoms with van der Waals surface area (Å²) in [5, 5.41) is 0.490. The molecule has 0 aliphatic heterocycles. The van der Waals surface area contributed by atoms with Crippen LogP contribution in [0, 0.1) is 6.92 Å². The number of sulfonamides is 1. The van der Waals surface area contributed by atoms with Crippen molar-refractivity contribution in [1.29, 1.82) is 0 Å². The van der Waals surface area contributed by atoms with Gasteiger partial charge in [0.2, 0.25) is 0 Å². The number of anilines is 2. The van der Waals surface area contributed by atoms with Gasteiger partial charge in [0.25, 0.3) is 10.0 Å². The highest BCUT2D eigenvalue weighted by molar-refractivity contribution is 9.10. The van der Waals surface area contributed by atoms with Crippen LogP contribution >= 0.6 is 39.1 Å². The third-order valence-electron chi connectivity index (χ3n) is 2.80. The summed E-state index contributed by atoms with van der Waals surface area (Å²) in [5.41, 5.74) is 6.97. The molecule has 0 unspecified atom stereocenters. The number of nitrogen functional groups attached to an aromatic ring is 1. The summed E-state index contributed by atoms with van der Waals surface area (Å²) in [6.07, 6.45) is 0. The van der Waals surface area contributed by atoms with Crippen LogP contribution in [-0.2, 0) is 10.0 Å². The molecule has 0 atom stereocenters. The van der Waals surface area contributed by atoms with E-state index in [4.69, 9.17) is 28.9 Å². The number of hydrogen-bond donors (Lipinski definition) is 2. The second-order valence-electron chi connectivity index (χ2n) is 4.34. The van der Waals surface area contributed by atoms with Crippen LogP contribution in [0.3, 0.4) is 0 Å². The predicted octanol–water partition coefficient (Wildman–Crippen LogP) is 4.45. The molecular formula is C13H11BrCl2N2O2S. The lowest BCUT2D eigenvalue weighted by molar-refractivity contribution is 0.601. The highest BCUT2D eigenvalue weighted by Gasteiger charge is 2.19. The smallest absolute Gasteiger partial charge is 0.262 e. The molecule has 8 heteroatoms. The lowest BCUT2D eigenvalue weighted by Crippen LogP contribution is -2.14. The fourth-order valence-corrected chi connectivity index (χ4v) is 3.84. The molecule has 0 heterocycles. The maximum Gasteiger partial charge on any atom is 0.262 e. The molecule has 0 saturated heterocycles. The molecule has 2 rings (SSSR count). The van der Waals surface area contributed by atoms with E-state index in [1.165, 1.54) is 18.2 Å². The summed E-state index contributed by atoms with van der Waals surface area (Å²) in [6.45, 7) is 1.76. The highest BCUT2D eigenvalue weighted by atomic mass is 79.9. The number of benzene rings is 2. The van der Waals surface area contributed by atoms with Crippen molar-refractivity contribution >= 4 is 60.5 Å². The molecule has 4 nitrogen and oxygen atoms in total. The zero-order valence-corrected chi connectivity index (χ0v) is 14.7. The first kappa shape index (κ1) is 16.4. The van der Waals surface area contributed by atoms with Gasteiger partial charge in [0.15, 0.2) is 0 Å². The Morgan fingerprint density at radius 3 is 2.48 bits per heavy atom. The molecule has 3 N–H and O–H groups in total. The first-order chi connectivity index (χ1) is 9.72. The van der Waals surface area contributed by atoms with E-state index >= 15 is 0 Å². The van der Waals surface area contributed by atoms with Gasteiger partial charge >= 0.3 is 0 Å². The second kappa shape index (κ2) is 6.04. The van der Waals surface area contributed by atoms with Crippen molar-refractivity contribution < 1.29 is 8.42 Å². The van der Waals surface area contributed by atoms with Gasteiger partial charge in [0.1, 0.15) is 0 Å². The molecule has 2 aromatic carbocycles. The molecule has 0 aliphatic rings. The Hall–Kier alpha value is -0.950. The summed E-state index contributed by atoms with van der Waals surface area (Å²) in [6, 6.07) is 7.61. The normalized spacial score (nSPS) is 11.4. The topological polar surface area (TPSA) is 72.2 Å². The maximum absolute atomic E-state index is 12.4. The van der Waals surface area contributed by atoms with Crippen molar-refractivity contribution in [2.24, 2.45) is 0 Å². The Morgan fingerprint density at radius 1 is 1.19 bits per heavy atom. The van der Waals surface area contributed by atoms with Gasteiger partial charge < -0.3 is 5.73 Å². The van der Waals surface area contributed by atoms with Gasteiger partial charge in [-0.25, -0.2) is 8.42 Å². The van der Waals surface area contributed by atoms with Gasteiger partial charge in [-0.15, -0.1) is 0 Å². The van der Waals surface area contributed by atoms with E-state index < -0.39 is 10.0 Å². The van der Waals surface area contributed by atoms with Crippen LogP contribution in [0.2, 0.25) is 10.0 Å². The molecule has 0 radical (unpaired) electrons. The van der Waals surface area contributed by atoms with Crippen LogP contribution < -0.4 is 10.5 Å². The van der Waals surface area contributed by atoms with Crippen molar-refractivity contribution in [2.75, 3.05) is 10.5 Å². The quantitative estimate of drug-likeness (QED) is 0.735. The second-order valence-corrected chi connectivity index (χ2v) is 7.66. The standard InChI is InChI=1S/C13H11BrCl2N2O2S/c1-7-2-4-10(15)13(12(7)16)18-21(19,20)8-3-5-11(17)9(14)6-8/h2-6,18H,17H2,1H3. The zero-order chi connectivity index (χ0) is 15.8. The first-order valence-electron chi connectivity index (χ1n) is 5.75. The van der Waals surface area contributed by atoms with Crippen LogP contribution in [0.1, 0.15) is 5.56 Å². The van der Waals surface area contributed by atoms with Crippen LogP contribution in [0.25, 0.3) is 0 Å². The number of halogens is 3. The molecule has 2 aromatic rings. The molecule has 0 fully saturated rings. The van der Waals surface area contributed by atoms with Crippen molar-refractivity contribution in [2.45, 2.75) is 11.8 Å². The predicted molar refractivity (Wildman–Crippen MR) is 90.6 cm³/mol. The van der Waals surface area contributed by atoms with Crippen LogP contribution in [0.15, 0.2) is 39.7 Å². The lowest BCUT2D eigenvalue weighted by atomic mass is 10.2. The fraction of sp³-hybridized carbons (Fsp3) is 0.0769. The van der Waals surface area contributed by atoms with Gasteiger partial charge in [-0.3, -0.25) is 4.72 Å². The summed E-state index contributed by atoms with van der Waals surface area (Å²) < 4.78 is 27.7. The molecule has 0 amide bonds. The van der Waals surface area contributed by atoms with E-state index in [2.05, 4.69) is 20.7 Å². The Labute approximate surface area is 141 Å². The Kier molecular flexibility index (Phi) is 4.72. The van der Waals surface area contributed by atoms with Gasteiger partial charge in [-0.1, -0.05) is 29.3 Å². The summed E-state index contributed by atoms with van der Waals surface area (Å²) in [4.78, 5) is 0.0530. The summed E-state index contributed by atoms with van der Waals surface area (Å²) >= 11 is 15.3. The van der Waals surface area contributed by atoms with Crippen LogP contribution in [0.5, 0.6) is 0 Å². The third kappa shape index (κ3) is 3.45. The van der Waals surface area contributed by atoms with Crippen molar-refractivity contribution in [3.63, 3.8) is 0 Å². The largest absolute Gasteiger partial charge is 0.398 e.